The molecule has 224 valence electrons. The summed E-state index contributed by atoms with van der Waals surface area (Å²) in [6, 6.07) is 20.4. The highest BCUT2D eigenvalue weighted by Gasteiger charge is 2.33. The van der Waals surface area contributed by atoms with Crippen LogP contribution in [0.3, 0.4) is 0 Å². The van der Waals surface area contributed by atoms with Gasteiger partial charge in [-0.15, -0.1) is 24.8 Å². The van der Waals surface area contributed by atoms with Crippen LogP contribution in [0.4, 0.5) is 0 Å². The maximum absolute atomic E-state index is 11.8. The first-order chi connectivity index (χ1) is 18.4. The summed E-state index contributed by atoms with van der Waals surface area (Å²) in [5, 5.41) is 0. The lowest BCUT2D eigenvalue weighted by Gasteiger charge is -2.35. The van der Waals surface area contributed by atoms with Crippen molar-refractivity contribution in [3.63, 3.8) is 0 Å². The quantitative estimate of drug-likeness (QED) is 0.444. The zero-order valence-electron chi connectivity index (χ0n) is 23.7. The molecule has 2 aromatic carbocycles. The fourth-order valence-corrected chi connectivity index (χ4v) is 5.16. The third-order valence-corrected chi connectivity index (χ3v) is 7.16. The molecule has 4 atom stereocenters. The summed E-state index contributed by atoms with van der Waals surface area (Å²) >= 11 is 0. The standard InChI is InChI=1S/2C15H22N2O2.2ClH/c2*1-2-19-15(18)13-8-9-17(11-14(13)16)10-12-6-4-3-5-7-12;;/h2*3-7,13-14H,2,8-11,16H2,1H3;2*1H/t2*13-,14+;;/m10../s1. The van der Waals surface area contributed by atoms with Gasteiger partial charge in [-0.3, -0.25) is 19.4 Å². The Hall–Kier alpha value is -2.20. The molecule has 10 heteroatoms. The van der Waals surface area contributed by atoms with Crippen LogP contribution in [0.15, 0.2) is 60.7 Å². The van der Waals surface area contributed by atoms with Gasteiger partial charge in [-0.25, -0.2) is 0 Å². The summed E-state index contributed by atoms with van der Waals surface area (Å²) in [5.74, 6) is -0.581. The number of carbonyl (C=O) groups excluding carboxylic acids is 2. The van der Waals surface area contributed by atoms with E-state index in [2.05, 4.69) is 34.1 Å². The van der Waals surface area contributed by atoms with Crippen molar-refractivity contribution in [3.8, 4) is 0 Å². The lowest BCUT2D eigenvalue weighted by Crippen LogP contribution is -2.51. The SMILES string of the molecule is CCOC(=O)[C@@H]1CCN(Cc2ccccc2)C[C@@H]1N.CCOC(=O)[C@H]1CCN(Cc2ccccc2)C[C@H]1N.Cl.Cl. The van der Waals surface area contributed by atoms with Gasteiger partial charge >= 0.3 is 11.9 Å². The van der Waals surface area contributed by atoms with Crippen molar-refractivity contribution in [1.29, 1.82) is 0 Å². The maximum atomic E-state index is 11.8. The molecule has 2 aliphatic heterocycles. The molecule has 0 saturated carbocycles. The fraction of sp³-hybridized carbons (Fsp3) is 0.533. The fourth-order valence-electron chi connectivity index (χ4n) is 5.16. The second kappa shape index (κ2) is 19.0. The average molecular weight is 598 g/mol. The summed E-state index contributed by atoms with van der Waals surface area (Å²) in [5.41, 5.74) is 14.8. The zero-order valence-corrected chi connectivity index (χ0v) is 25.3. The predicted octanol–water partition coefficient (Wildman–Crippen LogP) is 3.64. The smallest absolute Gasteiger partial charge is 0.310 e. The Morgan fingerprint density at radius 1 is 0.700 bits per heavy atom. The van der Waals surface area contributed by atoms with Gasteiger partial charge in [-0.05, 0) is 50.9 Å². The average Bonchev–Trinajstić information content (AvgIpc) is 2.91. The largest absolute Gasteiger partial charge is 0.466 e. The monoisotopic (exact) mass is 596 g/mol. The summed E-state index contributed by atoms with van der Waals surface area (Å²) < 4.78 is 10.1. The number of nitrogens with two attached hydrogens (primary N) is 2. The van der Waals surface area contributed by atoms with Gasteiger partial charge in [0, 0.05) is 38.3 Å². The van der Waals surface area contributed by atoms with Crippen LogP contribution in [0.25, 0.3) is 0 Å². The van der Waals surface area contributed by atoms with E-state index in [0.717, 1.165) is 52.1 Å². The van der Waals surface area contributed by atoms with Crippen LogP contribution in [0.2, 0.25) is 0 Å². The van der Waals surface area contributed by atoms with Gasteiger partial charge in [0.15, 0.2) is 0 Å². The van der Waals surface area contributed by atoms with Crippen molar-refractivity contribution < 1.29 is 19.1 Å². The molecule has 2 saturated heterocycles. The van der Waals surface area contributed by atoms with Gasteiger partial charge in [0.2, 0.25) is 0 Å². The van der Waals surface area contributed by atoms with E-state index in [1.165, 1.54) is 11.1 Å². The molecule has 8 nitrogen and oxygen atoms in total. The number of piperidine rings is 2. The molecule has 2 aromatic rings. The van der Waals surface area contributed by atoms with E-state index in [9.17, 15) is 9.59 Å². The van der Waals surface area contributed by atoms with Crippen LogP contribution in [-0.2, 0) is 32.2 Å². The van der Waals surface area contributed by atoms with E-state index >= 15 is 0 Å². The van der Waals surface area contributed by atoms with E-state index < -0.39 is 0 Å². The van der Waals surface area contributed by atoms with Crippen molar-refractivity contribution in [3.05, 3.63) is 71.8 Å². The van der Waals surface area contributed by atoms with Gasteiger partial charge in [0.05, 0.1) is 25.0 Å². The topological polar surface area (TPSA) is 111 Å². The first-order valence-corrected chi connectivity index (χ1v) is 13.8. The normalized spacial score (nSPS) is 22.9. The number of carbonyl (C=O) groups is 2. The Balaban J connectivity index is 0.000000381. The van der Waals surface area contributed by atoms with Crippen LogP contribution in [0.1, 0.15) is 37.8 Å². The Kier molecular flexibility index (Phi) is 17.0. The van der Waals surface area contributed by atoms with E-state index in [1.54, 1.807) is 0 Å². The highest BCUT2D eigenvalue weighted by Crippen LogP contribution is 2.21. The molecular formula is C30H46Cl2N4O4. The van der Waals surface area contributed by atoms with Crippen molar-refractivity contribution in [2.45, 2.75) is 51.9 Å². The maximum Gasteiger partial charge on any atom is 0.310 e. The third kappa shape index (κ3) is 11.4. The van der Waals surface area contributed by atoms with E-state index in [1.807, 2.05) is 50.2 Å². The van der Waals surface area contributed by atoms with Gasteiger partial charge in [-0.2, -0.15) is 0 Å². The first kappa shape index (κ1) is 35.8. The number of hydrogen-bond donors (Lipinski definition) is 2. The summed E-state index contributed by atoms with van der Waals surface area (Å²) in [7, 11) is 0. The van der Waals surface area contributed by atoms with E-state index in [4.69, 9.17) is 20.9 Å². The minimum absolute atomic E-state index is 0. The van der Waals surface area contributed by atoms with Crippen LogP contribution < -0.4 is 11.5 Å². The second-order valence-corrected chi connectivity index (χ2v) is 10.1. The number of ether oxygens (including phenoxy) is 2. The number of likely N-dealkylation sites (tertiary alicyclic amines) is 2. The highest BCUT2D eigenvalue weighted by molar-refractivity contribution is 5.85. The van der Waals surface area contributed by atoms with Crippen molar-refractivity contribution in [1.82, 2.24) is 9.80 Å². The molecule has 40 heavy (non-hydrogen) atoms. The van der Waals surface area contributed by atoms with Gasteiger partial charge in [0.25, 0.3) is 0 Å². The predicted molar refractivity (Wildman–Crippen MR) is 163 cm³/mol. The Labute approximate surface area is 251 Å². The number of hydrogen-bond acceptors (Lipinski definition) is 8. The van der Waals surface area contributed by atoms with E-state index in [0.29, 0.717) is 13.2 Å². The molecule has 0 aliphatic carbocycles. The molecular weight excluding hydrogens is 551 g/mol. The number of esters is 2. The summed E-state index contributed by atoms with van der Waals surface area (Å²) in [6.45, 7) is 9.58. The summed E-state index contributed by atoms with van der Waals surface area (Å²) in [4.78, 5) is 28.1. The lowest BCUT2D eigenvalue weighted by molar-refractivity contribution is -0.151. The van der Waals surface area contributed by atoms with Crippen LogP contribution in [0.5, 0.6) is 0 Å². The van der Waals surface area contributed by atoms with Crippen molar-refractivity contribution in [2.75, 3.05) is 39.4 Å². The van der Waals surface area contributed by atoms with E-state index in [-0.39, 0.29) is 60.7 Å². The molecule has 4 N–H and O–H groups in total. The number of nitrogens with zero attached hydrogens (tertiary/aromatic N) is 2. The molecule has 2 fully saturated rings. The third-order valence-electron chi connectivity index (χ3n) is 7.16. The van der Waals surface area contributed by atoms with Gasteiger partial charge in [0.1, 0.15) is 0 Å². The number of benzene rings is 2. The molecule has 0 spiro atoms. The molecule has 4 rings (SSSR count). The van der Waals surface area contributed by atoms with Gasteiger partial charge < -0.3 is 20.9 Å². The lowest BCUT2D eigenvalue weighted by atomic mass is 9.92. The molecule has 0 unspecified atom stereocenters. The second-order valence-electron chi connectivity index (χ2n) is 10.1. The van der Waals surface area contributed by atoms with Crippen LogP contribution in [0, 0.1) is 11.8 Å². The molecule has 0 radical (unpaired) electrons. The van der Waals surface area contributed by atoms with Gasteiger partial charge in [-0.1, -0.05) is 60.7 Å². The Bertz CT molecular complexity index is 907. The molecule has 0 aromatic heterocycles. The van der Waals surface area contributed by atoms with Crippen LogP contribution >= 0.6 is 24.8 Å². The summed E-state index contributed by atoms with van der Waals surface area (Å²) in [6.07, 6.45) is 1.57. The van der Waals surface area contributed by atoms with Crippen LogP contribution in [-0.4, -0.2) is 73.2 Å². The molecule has 2 aliphatic rings. The zero-order chi connectivity index (χ0) is 27.3. The minimum atomic E-state index is -0.146. The first-order valence-electron chi connectivity index (χ1n) is 13.8. The molecule has 2 heterocycles. The molecule has 0 amide bonds. The Morgan fingerprint density at radius 3 is 1.35 bits per heavy atom. The number of rotatable bonds is 8. The van der Waals surface area contributed by atoms with Crippen molar-refractivity contribution in [2.24, 2.45) is 23.3 Å². The van der Waals surface area contributed by atoms with Crippen molar-refractivity contribution >= 4 is 36.8 Å². The number of halogens is 2. The highest BCUT2D eigenvalue weighted by atomic mass is 35.5. The minimum Gasteiger partial charge on any atom is -0.466 e. The Morgan fingerprint density at radius 2 is 1.05 bits per heavy atom. The molecule has 0 bridgehead atoms.